The highest BCUT2D eigenvalue weighted by atomic mass is 19.1. The van der Waals surface area contributed by atoms with Gasteiger partial charge in [-0.2, -0.15) is 10.4 Å². The molecule has 0 atom stereocenters. The lowest BCUT2D eigenvalue weighted by Gasteiger charge is -2.08. The van der Waals surface area contributed by atoms with Crippen LogP contribution >= 0.6 is 0 Å². The summed E-state index contributed by atoms with van der Waals surface area (Å²) in [5.74, 6) is -0.870. The van der Waals surface area contributed by atoms with Gasteiger partial charge in [0, 0.05) is 23.0 Å². The number of anilines is 1. The highest BCUT2D eigenvalue weighted by Gasteiger charge is 2.16. The average molecular weight is 436 g/mol. The number of aromatic nitrogens is 2. The lowest BCUT2D eigenvalue weighted by Crippen LogP contribution is -2.14. The van der Waals surface area contributed by atoms with Crippen LogP contribution in [0.5, 0.6) is 0 Å². The van der Waals surface area contributed by atoms with Gasteiger partial charge in [0.15, 0.2) is 0 Å². The van der Waals surface area contributed by atoms with Crippen LogP contribution in [0.2, 0.25) is 0 Å². The van der Waals surface area contributed by atoms with Crippen LogP contribution in [-0.2, 0) is 4.79 Å². The Kier molecular flexibility index (Phi) is 6.14. The number of hydrogen-bond donors (Lipinski definition) is 1. The summed E-state index contributed by atoms with van der Waals surface area (Å²) in [6.07, 6.45) is 3.25. The molecule has 0 aliphatic carbocycles. The highest BCUT2D eigenvalue weighted by molar-refractivity contribution is 6.10. The molecule has 0 saturated heterocycles. The van der Waals surface area contributed by atoms with Gasteiger partial charge >= 0.3 is 0 Å². The Balaban J connectivity index is 1.75. The number of halogens is 1. The van der Waals surface area contributed by atoms with Crippen molar-refractivity contribution in [2.45, 2.75) is 13.8 Å². The Morgan fingerprint density at radius 2 is 1.79 bits per heavy atom. The molecule has 0 aliphatic rings. The summed E-state index contributed by atoms with van der Waals surface area (Å²) in [5.41, 5.74) is 5.16. The lowest BCUT2D eigenvalue weighted by atomic mass is 10.1. The van der Waals surface area contributed by atoms with Crippen molar-refractivity contribution in [2.75, 3.05) is 5.32 Å². The summed E-state index contributed by atoms with van der Waals surface area (Å²) >= 11 is 0. The molecule has 1 aromatic heterocycles. The van der Waals surface area contributed by atoms with Gasteiger partial charge in [0.2, 0.25) is 0 Å². The van der Waals surface area contributed by atoms with Crippen molar-refractivity contribution in [1.82, 2.24) is 9.78 Å². The summed E-state index contributed by atoms with van der Waals surface area (Å²) in [6.45, 7) is 3.87. The number of rotatable bonds is 5. The number of benzene rings is 3. The van der Waals surface area contributed by atoms with Crippen LogP contribution in [0.1, 0.15) is 16.7 Å². The molecule has 3 aromatic carbocycles. The average Bonchev–Trinajstić information content (AvgIpc) is 3.24. The van der Waals surface area contributed by atoms with Crippen molar-refractivity contribution in [3.05, 3.63) is 107 Å². The summed E-state index contributed by atoms with van der Waals surface area (Å²) in [5, 5.41) is 17.2. The van der Waals surface area contributed by atoms with Gasteiger partial charge in [0.05, 0.1) is 11.4 Å². The maximum absolute atomic E-state index is 13.5. The smallest absolute Gasteiger partial charge is 0.266 e. The molecule has 0 unspecified atom stereocenters. The molecule has 4 rings (SSSR count). The van der Waals surface area contributed by atoms with Gasteiger partial charge in [0.1, 0.15) is 17.5 Å². The fourth-order valence-electron chi connectivity index (χ4n) is 3.49. The monoisotopic (exact) mass is 436 g/mol. The maximum Gasteiger partial charge on any atom is 0.266 e. The molecule has 5 nitrogen and oxygen atoms in total. The van der Waals surface area contributed by atoms with Crippen LogP contribution in [0.3, 0.4) is 0 Å². The van der Waals surface area contributed by atoms with E-state index < -0.39 is 5.91 Å². The summed E-state index contributed by atoms with van der Waals surface area (Å²) in [4.78, 5) is 12.9. The first-order chi connectivity index (χ1) is 15.9. The maximum atomic E-state index is 13.5. The van der Waals surface area contributed by atoms with Gasteiger partial charge in [-0.3, -0.25) is 4.79 Å². The molecule has 33 heavy (non-hydrogen) atoms. The minimum absolute atomic E-state index is 0.0639. The van der Waals surface area contributed by atoms with Crippen LogP contribution in [-0.4, -0.2) is 15.7 Å². The Labute approximate surface area is 191 Å². The largest absolute Gasteiger partial charge is 0.321 e. The van der Waals surface area contributed by atoms with Crippen LogP contribution < -0.4 is 5.32 Å². The van der Waals surface area contributed by atoms with Crippen LogP contribution in [0.15, 0.2) is 84.6 Å². The zero-order valence-electron chi connectivity index (χ0n) is 18.2. The SMILES string of the molecule is Cc1ccc(NC(=O)/C(C#N)=C/c2cn(-c3ccccc3)nc2-c2ccc(F)cc2)c(C)c1. The van der Waals surface area contributed by atoms with E-state index in [4.69, 9.17) is 0 Å². The minimum atomic E-state index is -0.512. The first-order valence-electron chi connectivity index (χ1n) is 10.4. The second-order valence-corrected chi connectivity index (χ2v) is 7.66. The Morgan fingerprint density at radius 1 is 1.06 bits per heavy atom. The van der Waals surface area contributed by atoms with Gasteiger partial charge in [0.25, 0.3) is 5.91 Å². The first-order valence-corrected chi connectivity index (χ1v) is 10.4. The first kappa shape index (κ1) is 21.7. The number of para-hydroxylation sites is 1. The predicted octanol–water partition coefficient (Wildman–Crippen LogP) is 5.84. The third-order valence-corrected chi connectivity index (χ3v) is 5.18. The second-order valence-electron chi connectivity index (χ2n) is 7.66. The zero-order valence-corrected chi connectivity index (χ0v) is 18.2. The van der Waals surface area contributed by atoms with E-state index in [0.29, 0.717) is 22.5 Å². The van der Waals surface area contributed by atoms with Gasteiger partial charge < -0.3 is 5.32 Å². The summed E-state index contributed by atoms with van der Waals surface area (Å²) < 4.78 is 15.1. The number of aryl methyl sites for hydroxylation is 2. The molecule has 1 heterocycles. The van der Waals surface area contributed by atoms with E-state index >= 15 is 0 Å². The van der Waals surface area contributed by atoms with Crippen molar-refractivity contribution in [3.8, 4) is 23.0 Å². The summed E-state index contributed by atoms with van der Waals surface area (Å²) in [6, 6.07) is 23.1. The Morgan fingerprint density at radius 3 is 2.45 bits per heavy atom. The number of carbonyl (C=O) groups excluding carboxylic acids is 1. The molecule has 1 N–H and O–H groups in total. The third kappa shape index (κ3) is 4.89. The van der Waals surface area contributed by atoms with Crippen LogP contribution in [0.25, 0.3) is 23.0 Å². The molecule has 0 fully saturated rings. The fraction of sp³-hybridized carbons (Fsp3) is 0.0741. The van der Waals surface area contributed by atoms with E-state index in [2.05, 4.69) is 10.4 Å². The van der Waals surface area contributed by atoms with Gasteiger partial charge in [-0.1, -0.05) is 35.9 Å². The van der Waals surface area contributed by atoms with E-state index in [1.54, 1.807) is 23.0 Å². The van der Waals surface area contributed by atoms with Crippen molar-refractivity contribution in [1.29, 1.82) is 5.26 Å². The van der Waals surface area contributed by atoms with E-state index in [9.17, 15) is 14.4 Å². The van der Waals surface area contributed by atoms with E-state index in [1.165, 1.54) is 18.2 Å². The molecular weight excluding hydrogens is 415 g/mol. The lowest BCUT2D eigenvalue weighted by molar-refractivity contribution is -0.112. The second kappa shape index (κ2) is 9.33. The van der Waals surface area contributed by atoms with E-state index in [0.717, 1.165) is 16.8 Å². The number of nitriles is 1. The Bertz CT molecular complexity index is 1380. The quantitative estimate of drug-likeness (QED) is 0.316. The minimum Gasteiger partial charge on any atom is -0.321 e. The van der Waals surface area contributed by atoms with Crippen molar-refractivity contribution in [2.24, 2.45) is 0 Å². The number of hydrogen-bond acceptors (Lipinski definition) is 3. The summed E-state index contributed by atoms with van der Waals surface area (Å²) in [7, 11) is 0. The molecular formula is C27H21FN4O. The molecule has 0 bridgehead atoms. The molecule has 0 aliphatic heterocycles. The van der Waals surface area contributed by atoms with Crippen molar-refractivity contribution in [3.63, 3.8) is 0 Å². The standard InChI is InChI=1S/C27H21FN4O/c1-18-8-13-25(19(2)14-18)30-27(33)21(16-29)15-22-17-32(24-6-4-3-5-7-24)31-26(22)20-9-11-23(28)12-10-20/h3-15,17H,1-2H3,(H,30,33)/b21-15+. The number of nitrogens with one attached hydrogen (secondary N) is 1. The van der Waals surface area contributed by atoms with E-state index in [-0.39, 0.29) is 11.4 Å². The molecule has 0 radical (unpaired) electrons. The molecule has 1 amide bonds. The molecule has 0 saturated carbocycles. The predicted molar refractivity (Wildman–Crippen MR) is 127 cm³/mol. The molecule has 0 spiro atoms. The van der Waals surface area contributed by atoms with E-state index in [1.807, 2.05) is 68.4 Å². The third-order valence-electron chi connectivity index (χ3n) is 5.18. The highest BCUT2D eigenvalue weighted by Crippen LogP contribution is 2.26. The van der Waals surface area contributed by atoms with Gasteiger partial charge in [-0.25, -0.2) is 9.07 Å². The van der Waals surface area contributed by atoms with Crippen molar-refractivity contribution < 1.29 is 9.18 Å². The topological polar surface area (TPSA) is 70.7 Å². The van der Waals surface area contributed by atoms with Crippen LogP contribution in [0, 0.1) is 31.0 Å². The van der Waals surface area contributed by atoms with Gasteiger partial charge in [-0.05, 0) is 68.0 Å². The van der Waals surface area contributed by atoms with Crippen LogP contribution in [0.4, 0.5) is 10.1 Å². The Hall–Kier alpha value is -4.50. The van der Waals surface area contributed by atoms with Crippen molar-refractivity contribution >= 4 is 17.7 Å². The van der Waals surface area contributed by atoms with Gasteiger partial charge in [-0.15, -0.1) is 0 Å². The number of nitrogens with zero attached hydrogens (tertiary/aromatic N) is 3. The number of amides is 1. The number of carbonyl (C=O) groups is 1. The fourth-order valence-corrected chi connectivity index (χ4v) is 3.49. The zero-order chi connectivity index (χ0) is 23.4. The molecule has 162 valence electrons. The molecule has 4 aromatic rings. The normalized spacial score (nSPS) is 11.2. The molecule has 6 heteroatoms.